The van der Waals surface area contributed by atoms with Crippen molar-refractivity contribution < 1.29 is 4.52 Å². The molecule has 0 atom stereocenters. The first-order valence-corrected chi connectivity index (χ1v) is 6.76. The molecule has 15 heavy (non-hydrogen) atoms. The van der Waals surface area contributed by atoms with E-state index in [0.29, 0.717) is 0 Å². The Balaban J connectivity index is 2.15. The third kappa shape index (κ3) is 4.26. The average Bonchev–Trinajstić information content (AvgIpc) is 2.54. The first kappa shape index (κ1) is 12.6. The molecule has 0 unspecified atom stereocenters. The van der Waals surface area contributed by atoms with Crippen molar-refractivity contribution in [1.29, 1.82) is 0 Å². The van der Waals surface area contributed by atoms with E-state index in [1.54, 1.807) is 0 Å². The number of aromatic nitrogens is 1. The first-order valence-electron chi connectivity index (χ1n) is 5.37. The van der Waals surface area contributed by atoms with Crippen LogP contribution in [-0.2, 0) is 6.54 Å². The van der Waals surface area contributed by atoms with Gasteiger partial charge < -0.3 is 9.84 Å². The maximum absolute atomic E-state index is 5.10. The van der Waals surface area contributed by atoms with Crippen LogP contribution in [0.3, 0.4) is 0 Å². The Morgan fingerprint density at radius 1 is 1.33 bits per heavy atom. The van der Waals surface area contributed by atoms with Crippen LogP contribution in [0.4, 0.5) is 0 Å². The molecule has 0 aliphatic rings. The highest BCUT2D eigenvalue weighted by molar-refractivity contribution is 7.98. The van der Waals surface area contributed by atoms with Gasteiger partial charge in [0.15, 0.2) is 0 Å². The molecule has 0 aliphatic carbocycles. The Kier molecular flexibility index (Phi) is 5.79. The molecule has 0 spiro atoms. The monoisotopic (exact) mass is 228 g/mol. The lowest BCUT2D eigenvalue weighted by atomic mass is 10.2. The van der Waals surface area contributed by atoms with Gasteiger partial charge in [0.2, 0.25) is 0 Å². The van der Waals surface area contributed by atoms with Gasteiger partial charge in [-0.3, -0.25) is 0 Å². The Bertz CT molecular complexity index is 267. The van der Waals surface area contributed by atoms with Crippen molar-refractivity contribution in [2.45, 2.75) is 33.2 Å². The molecule has 0 radical (unpaired) electrons. The molecule has 1 rings (SSSR count). The minimum Gasteiger partial charge on any atom is -0.361 e. The van der Waals surface area contributed by atoms with Crippen LogP contribution in [0.1, 0.15) is 29.9 Å². The SMILES string of the molecule is CSCCCCNCc1c(C)noc1C. The van der Waals surface area contributed by atoms with Gasteiger partial charge in [0.1, 0.15) is 5.76 Å². The molecule has 1 aromatic rings. The Morgan fingerprint density at radius 3 is 2.73 bits per heavy atom. The topological polar surface area (TPSA) is 38.1 Å². The van der Waals surface area contributed by atoms with Crippen LogP contribution >= 0.6 is 11.8 Å². The third-order valence-corrected chi connectivity index (χ3v) is 3.13. The quantitative estimate of drug-likeness (QED) is 0.728. The van der Waals surface area contributed by atoms with Gasteiger partial charge in [0.25, 0.3) is 0 Å². The fraction of sp³-hybridized carbons (Fsp3) is 0.727. The standard InChI is InChI=1S/C11H20N2OS/c1-9-11(10(2)14-13-9)8-12-6-4-5-7-15-3/h12H,4-8H2,1-3H3. The molecule has 3 nitrogen and oxygen atoms in total. The summed E-state index contributed by atoms with van der Waals surface area (Å²) < 4.78 is 5.10. The highest BCUT2D eigenvalue weighted by Crippen LogP contribution is 2.11. The summed E-state index contributed by atoms with van der Waals surface area (Å²) in [5, 5.41) is 7.35. The number of aryl methyl sites for hydroxylation is 2. The third-order valence-electron chi connectivity index (χ3n) is 2.44. The van der Waals surface area contributed by atoms with Crippen LogP contribution in [0, 0.1) is 13.8 Å². The molecule has 1 aromatic heterocycles. The first-order chi connectivity index (χ1) is 7.25. The Labute approximate surface area is 96.0 Å². The van der Waals surface area contributed by atoms with Gasteiger partial charge in [-0.15, -0.1) is 0 Å². The lowest BCUT2D eigenvalue weighted by Gasteiger charge is -2.03. The van der Waals surface area contributed by atoms with E-state index in [1.165, 1.54) is 24.2 Å². The average molecular weight is 228 g/mol. The molecule has 1 N–H and O–H groups in total. The molecule has 0 fully saturated rings. The molecule has 86 valence electrons. The van der Waals surface area contributed by atoms with Crippen molar-refractivity contribution in [2.75, 3.05) is 18.6 Å². The van der Waals surface area contributed by atoms with Gasteiger partial charge in [-0.2, -0.15) is 11.8 Å². The molecule has 0 amide bonds. The molecule has 0 saturated heterocycles. The van der Waals surface area contributed by atoms with Crippen LogP contribution < -0.4 is 5.32 Å². The molecule has 4 heteroatoms. The van der Waals surface area contributed by atoms with E-state index >= 15 is 0 Å². The largest absolute Gasteiger partial charge is 0.361 e. The summed E-state index contributed by atoms with van der Waals surface area (Å²) in [4.78, 5) is 0. The van der Waals surface area contributed by atoms with E-state index < -0.39 is 0 Å². The lowest BCUT2D eigenvalue weighted by Crippen LogP contribution is -2.15. The van der Waals surface area contributed by atoms with Crippen molar-refractivity contribution in [3.05, 3.63) is 17.0 Å². The highest BCUT2D eigenvalue weighted by Gasteiger charge is 2.07. The zero-order valence-electron chi connectivity index (χ0n) is 9.80. The fourth-order valence-corrected chi connectivity index (χ4v) is 1.96. The minimum absolute atomic E-state index is 0.875. The Hall–Kier alpha value is -0.480. The van der Waals surface area contributed by atoms with Gasteiger partial charge in [-0.1, -0.05) is 5.16 Å². The summed E-state index contributed by atoms with van der Waals surface area (Å²) >= 11 is 1.91. The highest BCUT2D eigenvalue weighted by atomic mass is 32.2. The number of hydrogen-bond donors (Lipinski definition) is 1. The van der Waals surface area contributed by atoms with E-state index in [9.17, 15) is 0 Å². The second-order valence-corrected chi connectivity index (χ2v) is 4.67. The summed E-state index contributed by atoms with van der Waals surface area (Å²) in [6, 6.07) is 0. The number of hydrogen-bond acceptors (Lipinski definition) is 4. The molecule has 0 saturated carbocycles. The number of thioether (sulfide) groups is 1. The van der Waals surface area contributed by atoms with Gasteiger partial charge >= 0.3 is 0 Å². The normalized spacial score (nSPS) is 10.9. The molecular weight excluding hydrogens is 208 g/mol. The van der Waals surface area contributed by atoms with Crippen LogP contribution in [0.2, 0.25) is 0 Å². The van der Waals surface area contributed by atoms with Crippen molar-refractivity contribution in [3.8, 4) is 0 Å². The summed E-state index contributed by atoms with van der Waals surface area (Å²) in [6.07, 6.45) is 4.68. The van der Waals surface area contributed by atoms with E-state index in [4.69, 9.17) is 4.52 Å². The molecule has 1 heterocycles. The van der Waals surface area contributed by atoms with Crippen LogP contribution in [0.15, 0.2) is 4.52 Å². The summed E-state index contributed by atoms with van der Waals surface area (Å²) in [5.74, 6) is 2.19. The van der Waals surface area contributed by atoms with Gasteiger partial charge in [0, 0.05) is 12.1 Å². The predicted molar refractivity (Wildman–Crippen MR) is 65.3 cm³/mol. The number of rotatable bonds is 7. The predicted octanol–water partition coefficient (Wildman–Crippen LogP) is 2.52. The zero-order chi connectivity index (χ0) is 11.1. The smallest absolute Gasteiger partial charge is 0.138 e. The summed E-state index contributed by atoms with van der Waals surface area (Å²) in [6.45, 7) is 5.90. The van der Waals surface area contributed by atoms with Crippen molar-refractivity contribution >= 4 is 11.8 Å². The van der Waals surface area contributed by atoms with E-state index in [2.05, 4.69) is 16.7 Å². The van der Waals surface area contributed by atoms with E-state index in [-0.39, 0.29) is 0 Å². The van der Waals surface area contributed by atoms with E-state index in [1.807, 2.05) is 25.6 Å². The second kappa shape index (κ2) is 6.90. The molecule has 0 aliphatic heterocycles. The number of nitrogens with one attached hydrogen (secondary N) is 1. The van der Waals surface area contributed by atoms with Crippen LogP contribution in [-0.4, -0.2) is 23.7 Å². The fourth-order valence-electron chi connectivity index (χ4n) is 1.46. The Morgan fingerprint density at radius 2 is 2.13 bits per heavy atom. The summed E-state index contributed by atoms with van der Waals surface area (Å²) in [7, 11) is 0. The van der Waals surface area contributed by atoms with Gasteiger partial charge in [-0.05, 0) is 45.2 Å². The van der Waals surface area contributed by atoms with Crippen molar-refractivity contribution in [3.63, 3.8) is 0 Å². The van der Waals surface area contributed by atoms with Crippen molar-refractivity contribution in [2.24, 2.45) is 0 Å². The number of nitrogens with zero attached hydrogens (tertiary/aromatic N) is 1. The molecule has 0 bridgehead atoms. The van der Waals surface area contributed by atoms with Gasteiger partial charge in [-0.25, -0.2) is 0 Å². The van der Waals surface area contributed by atoms with Crippen LogP contribution in [0.5, 0.6) is 0 Å². The lowest BCUT2D eigenvalue weighted by molar-refractivity contribution is 0.392. The summed E-state index contributed by atoms with van der Waals surface area (Å²) in [5.41, 5.74) is 2.21. The van der Waals surface area contributed by atoms with Gasteiger partial charge in [0.05, 0.1) is 5.69 Å². The second-order valence-electron chi connectivity index (χ2n) is 3.68. The molecular formula is C11H20N2OS. The molecule has 0 aromatic carbocycles. The zero-order valence-corrected chi connectivity index (χ0v) is 10.6. The maximum Gasteiger partial charge on any atom is 0.138 e. The van der Waals surface area contributed by atoms with Crippen molar-refractivity contribution in [1.82, 2.24) is 10.5 Å². The van der Waals surface area contributed by atoms with E-state index in [0.717, 1.165) is 24.5 Å². The minimum atomic E-state index is 0.875. The number of unbranched alkanes of at least 4 members (excludes halogenated alkanes) is 1. The van der Waals surface area contributed by atoms with Crippen LogP contribution in [0.25, 0.3) is 0 Å². The maximum atomic E-state index is 5.10.